The predicted molar refractivity (Wildman–Crippen MR) is 148 cm³/mol. The molecule has 1 saturated carbocycles. The van der Waals surface area contributed by atoms with Crippen LogP contribution in [0.2, 0.25) is 0 Å². The molecule has 1 aliphatic heterocycles. The number of anilines is 1. The number of aromatic nitrogens is 3. The summed E-state index contributed by atoms with van der Waals surface area (Å²) in [6, 6.07) is 8.48. The average molecular weight is 527 g/mol. The molecule has 0 radical (unpaired) electrons. The normalized spacial score (nSPS) is 22.4. The highest BCUT2D eigenvalue weighted by Crippen LogP contribution is 2.37. The molecule has 2 N–H and O–H groups in total. The van der Waals surface area contributed by atoms with Crippen molar-refractivity contribution in [1.29, 1.82) is 0 Å². The summed E-state index contributed by atoms with van der Waals surface area (Å²) in [4.78, 5) is 14.1. The van der Waals surface area contributed by atoms with Gasteiger partial charge in [0.2, 0.25) is 5.95 Å². The van der Waals surface area contributed by atoms with E-state index in [4.69, 9.17) is 0 Å². The van der Waals surface area contributed by atoms with E-state index in [1.54, 1.807) is 6.20 Å². The molecule has 1 saturated heterocycles. The molecule has 0 amide bonds. The molecule has 1 aliphatic carbocycles. The minimum Gasteiger partial charge on any atom is -0.393 e. The summed E-state index contributed by atoms with van der Waals surface area (Å²) in [5, 5.41) is 13.7. The van der Waals surface area contributed by atoms with Crippen LogP contribution in [-0.4, -0.2) is 80.2 Å². The highest BCUT2D eigenvalue weighted by atomic mass is 19.3. The molecule has 1 aromatic carbocycles. The van der Waals surface area contributed by atoms with Gasteiger partial charge in [-0.3, -0.25) is 9.80 Å². The van der Waals surface area contributed by atoms with E-state index in [2.05, 4.69) is 74.0 Å². The number of benzene rings is 1. The van der Waals surface area contributed by atoms with Gasteiger partial charge in [-0.15, -0.1) is 0 Å². The van der Waals surface area contributed by atoms with E-state index in [0.29, 0.717) is 6.04 Å². The third kappa shape index (κ3) is 6.00. The number of fused-ring (bicyclic) bond motifs is 1. The minimum atomic E-state index is -2.51. The van der Waals surface area contributed by atoms with Gasteiger partial charge in [0.25, 0.3) is 6.43 Å². The second-order valence-electron chi connectivity index (χ2n) is 11.2. The SMILES string of the molecule is CC(C)N1CCN(Cc2ccc(-c3cn([C@H]4CC[C@H](O)CC4)c4nc(N[C@@H](C)C(F)F)ncc34)cc2)CC1. The number of halogens is 2. The van der Waals surface area contributed by atoms with Crippen LogP contribution < -0.4 is 5.32 Å². The summed E-state index contributed by atoms with van der Waals surface area (Å²) in [5.74, 6) is 0.208. The summed E-state index contributed by atoms with van der Waals surface area (Å²) in [6.45, 7) is 11.3. The van der Waals surface area contributed by atoms with Crippen LogP contribution in [0.1, 0.15) is 58.1 Å². The van der Waals surface area contributed by atoms with E-state index in [-0.39, 0.29) is 18.1 Å². The van der Waals surface area contributed by atoms with Crippen LogP contribution in [0.4, 0.5) is 14.7 Å². The van der Waals surface area contributed by atoms with Crippen LogP contribution in [0.15, 0.2) is 36.7 Å². The summed E-state index contributed by atoms with van der Waals surface area (Å²) in [7, 11) is 0. The Morgan fingerprint density at radius 1 is 1.00 bits per heavy atom. The van der Waals surface area contributed by atoms with Crippen LogP contribution >= 0.6 is 0 Å². The molecule has 3 heterocycles. The maximum atomic E-state index is 13.1. The Hall–Kier alpha value is -2.62. The molecule has 0 spiro atoms. The molecule has 206 valence electrons. The standard InChI is InChI=1S/C29H40F2N6O/c1-19(2)36-14-12-35(13-15-36)17-21-4-6-22(7-5-21)26-18-37(23-8-10-24(38)11-9-23)28-25(26)16-32-29(34-28)33-20(3)27(30)31/h4-7,16,18-20,23-24,27,38H,8-15,17H2,1-3H3,(H,32,33,34)/t20-,23-,24-/m0/s1. The van der Waals surface area contributed by atoms with Gasteiger partial charge in [0.1, 0.15) is 5.65 Å². The van der Waals surface area contributed by atoms with Gasteiger partial charge < -0.3 is 15.0 Å². The fourth-order valence-corrected chi connectivity index (χ4v) is 5.70. The van der Waals surface area contributed by atoms with E-state index in [9.17, 15) is 13.9 Å². The fraction of sp³-hybridized carbons (Fsp3) is 0.586. The molecule has 9 heteroatoms. The van der Waals surface area contributed by atoms with Crippen LogP contribution in [0, 0.1) is 0 Å². The molecule has 5 rings (SSSR count). The maximum Gasteiger partial charge on any atom is 0.258 e. The lowest BCUT2D eigenvalue weighted by molar-refractivity contribution is 0.104. The zero-order chi connectivity index (χ0) is 26.8. The second kappa shape index (κ2) is 11.6. The largest absolute Gasteiger partial charge is 0.393 e. The van der Waals surface area contributed by atoms with E-state index < -0.39 is 12.5 Å². The molecule has 0 bridgehead atoms. The van der Waals surface area contributed by atoms with Crippen LogP contribution in [-0.2, 0) is 6.54 Å². The molecule has 2 fully saturated rings. The minimum absolute atomic E-state index is 0.203. The van der Waals surface area contributed by atoms with Gasteiger partial charge in [-0.05, 0) is 57.6 Å². The smallest absolute Gasteiger partial charge is 0.258 e. The molecule has 3 aromatic rings. The van der Waals surface area contributed by atoms with Crippen molar-refractivity contribution in [3.05, 3.63) is 42.2 Å². The Labute approximate surface area is 223 Å². The number of aliphatic hydroxyl groups excluding tert-OH is 1. The highest BCUT2D eigenvalue weighted by Gasteiger charge is 2.25. The topological polar surface area (TPSA) is 69.5 Å². The zero-order valence-electron chi connectivity index (χ0n) is 22.7. The Kier molecular flexibility index (Phi) is 8.26. The van der Waals surface area contributed by atoms with Crippen molar-refractivity contribution in [2.24, 2.45) is 0 Å². The lowest BCUT2D eigenvalue weighted by Gasteiger charge is -2.36. The monoisotopic (exact) mass is 526 g/mol. The maximum absolute atomic E-state index is 13.1. The Morgan fingerprint density at radius 3 is 2.32 bits per heavy atom. The lowest BCUT2D eigenvalue weighted by atomic mass is 9.93. The molecule has 2 aliphatic rings. The van der Waals surface area contributed by atoms with Gasteiger partial charge in [-0.25, -0.2) is 13.8 Å². The zero-order valence-corrected chi connectivity index (χ0v) is 22.7. The third-order valence-electron chi connectivity index (χ3n) is 8.17. The van der Waals surface area contributed by atoms with E-state index in [1.807, 2.05) is 0 Å². The van der Waals surface area contributed by atoms with Crippen molar-refractivity contribution in [1.82, 2.24) is 24.3 Å². The second-order valence-corrected chi connectivity index (χ2v) is 11.2. The average Bonchev–Trinajstić information content (AvgIpc) is 3.28. The van der Waals surface area contributed by atoms with Crippen LogP contribution in [0.25, 0.3) is 22.2 Å². The fourth-order valence-electron chi connectivity index (χ4n) is 5.70. The lowest BCUT2D eigenvalue weighted by Crippen LogP contribution is -2.48. The number of piperazine rings is 1. The van der Waals surface area contributed by atoms with Crippen molar-refractivity contribution in [3.63, 3.8) is 0 Å². The molecule has 38 heavy (non-hydrogen) atoms. The van der Waals surface area contributed by atoms with Crippen molar-refractivity contribution >= 4 is 17.0 Å². The first-order chi connectivity index (χ1) is 18.3. The van der Waals surface area contributed by atoms with Crippen molar-refractivity contribution < 1.29 is 13.9 Å². The van der Waals surface area contributed by atoms with Crippen LogP contribution in [0.3, 0.4) is 0 Å². The Bertz CT molecular complexity index is 1200. The summed E-state index contributed by atoms with van der Waals surface area (Å²) >= 11 is 0. The summed E-state index contributed by atoms with van der Waals surface area (Å²) < 4.78 is 28.4. The molecule has 7 nitrogen and oxygen atoms in total. The number of nitrogens with one attached hydrogen (secondary N) is 1. The number of rotatable bonds is 8. The first-order valence-electron chi connectivity index (χ1n) is 13.9. The quantitative estimate of drug-likeness (QED) is 0.422. The van der Waals surface area contributed by atoms with Gasteiger partial charge in [0.15, 0.2) is 0 Å². The molecule has 2 aromatic heterocycles. The number of nitrogens with zero attached hydrogens (tertiary/aromatic N) is 5. The van der Waals surface area contributed by atoms with E-state index >= 15 is 0 Å². The van der Waals surface area contributed by atoms with Gasteiger partial charge in [-0.1, -0.05) is 24.3 Å². The molecule has 1 atom stereocenters. The Balaban J connectivity index is 1.39. The van der Waals surface area contributed by atoms with Crippen LogP contribution in [0.5, 0.6) is 0 Å². The number of aliphatic hydroxyl groups is 1. The summed E-state index contributed by atoms with van der Waals surface area (Å²) in [5.41, 5.74) is 4.16. The summed E-state index contributed by atoms with van der Waals surface area (Å²) in [6.07, 6.45) is 4.32. The van der Waals surface area contributed by atoms with Crippen molar-refractivity contribution in [3.8, 4) is 11.1 Å². The highest BCUT2D eigenvalue weighted by molar-refractivity contribution is 5.94. The predicted octanol–water partition coefficient (Wildman–Crippen LogP) is 5.17. The van der Waals surface area contributed by atoms with Gasteiger partial charge in [0.05, 0.1) is 12.1 Å². The van der Waals surface area contributed by atoms with E-state index in [1.165, 1.54) is 12.5 Å². The number of hydrogen-bond acceptors (Lipinski definition) is 6. The number of alkyl halides is 2. The molecule has 0 unspecified atom stereocenters. The van der Waals surface area contributed by atoms with Crippen molar-refractivity contribution in [2.45, 2.75) is 83.7 Å². The van der Waals surface area contributed by atoms with Gasteiger partial charge in [-0.2, -0.15) is 4.98 Å². The van der Waals surface area contributed by atoms with Gasteiger partial charge >= 0.3 is 0 Å². The first-order valence-corrected chi connectivity index (χ1v) is 13.9. The first kappa shape index (κ1) is 27.0. The van der Waals surface area contributed by atoms with E-state index in [0.717, 1.165) is 80.6 Å². The third-order valence-corrected chi connectivity index (χ3v) is 8.17. The number of hydrogen-bond donors (Lipinski definition) is 2. The van der Waals surface area contributed by atoms with Gasteiger partial charge in [0, 0.05) is 68.2 Å². The molecular formula is C29H40F2N6O. The Morgan fingerprint density at radius 2 is 1.68 bits per heavy atom. The molecular weight excluding hydrogens is 486 g/mol. The van der Waals surface area contributed by atoms with Crippen molar-refractivity contribution in [2.75, 3.05) is 31.5 Å².